The Hall–Kier alpha value is -2.28. The van der Waals surface area contributed by atoms with Crippen molar-refractivity contribution in [2.24, 2.45) is 0 Å². The van der Waals surface area contributed by atoms with Crippen LogP contribution in [0.1, 0.15) is 50.9 Å². The lowest BCUT2D eigenvalue weighted by atomic mass is 10.1. The third-order valence-electron chi connectivity index (χ3n) is 2.68. The summed E-state index contributed by atoms with van der Waals surface area (Å²) in [7, 11) is 0. The number of rotatable bonds is 2. The highest BCUT2D eigenvalue weighted by Gasteiger charge is 2.28. The fraction of sp³-hybridized carbons (Fsp3) is 0.412. The summed E-state index contributed by atoms with van der Waals surface area (Å²) in [6.07, 6.45) is 0.793. The molecule has 0 atom stereocenters. The van der Waals surface area contributed by atoms with Crippen LogP contribution < -0.4 is 5.43 Å². The minimum absolute atomic E-state index is 0.0858. The van der Waals surface area contributed by atoms with Crippen molar-refractivity contribution >= 4 is 11.8 Å². The molecule has 1 aromatic rings. The van der Waals surface area contributed by atoms with Gasteiger partial charge >= 0.3 is 0 Å². The van der Waals surface area contributed by atoms with E-state index < -0.39 is 5.54 Å². The zero-order valence-corrected chi connectivity index (χ0v) is 13.1. The number of amides is 2. The van der Waals surface area contributed by atoms with Crippen molar-refractivity contribution < 1.29 is 9.59 Å². The van der Waals surface area contributed by atoms with E-state index in [0.717, 1.165) is 0 Å². The fourth-order valence-electron chi connectivity index (χ4n) is 1.66. The summed E-state index contributed by atoms with van der Waals surface area (Å²) in [4.78, 5) is 24.4. The molecule has 0 radical (unpaired) electrons. The van der Waals surface area contributed by atoms with Gasteiger partial charge < -0.3 is 0 Å². The van der Waals surface area contributed by atoms with Gasteiger partial charge in [0, 0.05) is 12.0 Å². The molecule has 0 bridgehead atoms. The van der Waals surface area contributed by atoms with E-state index in [4.69, 9.17) is 0 Å². The topological polar surface area (TPSA) is 49.4 Å². The molecule has 0 spiro atoms. The Balaban J connectivity index is 2.87. The van der Waals surface area contributed by atoms with E-state index in [1.54, 1.807) is 24.3 Å². The van der Waals surface area contributed by atoms with Gasteiger partial charge in [-0.1, -0.05) is 31.0 Å². The highest BCUT2D eigenvalue weighted by molar-refractivity contribution is 5.96. The predicted molar refractivity (Wildman–Crippen MR) is 83.2 cm³/mol. The molecular weight excluding hydrogens is 264 g/mol. The zero-order valence-electron chi connectivity index (χ0n) is 13.1. The maximum Gasteiger partial charge on any atom is 0.272 e. The average molecular weight is 286 g/mol. The molecule has 0 aliphatic rings. The van der Waals surface area contributed by atoms with E-state index in [1.165, 1.54) is 5.01 Å². The second-order valence-electron chi connectivity index (χ2n) is 5.60. The summed E-state index contributed by atoms with van der Waals surface area (Å²) in [5, 5.41) is 1.36. The van der Waals surface area contributed by atoms with Crippen LogP contribution in [-0.4, -0.2) is 22.4 Å². The second-order valence-corrected chi connectivity index (χ2v) is 5.60. The van der Waals surface area contributed by atoms with Crippen molar-refractivity contribution in [1.82, 2.24) is 10.4 Å². The molecule has 1 aromatic carbocycles. The first-order valence-corrected chi connectivity index (χ1v) is 7.01. The first-order chi connectivity index (χ1) is 9.86. The van der Waals surface area contributed by atoms with Gasteiger partial charge in [0.1, 0.15) is 0 Å². The summed E-state index contributed by atoms with van der Waals surface area (Å²) in [6, 6.07) is 8.89. The van der Waals surface area contributed by atoms with Gasteiger partial charge in [0.15, 0.2) is 0 Å². The van der Waals surface area contributed by atoms with Crippen molar-refractivity contribution in [3.05, 3.63) is 35.9 Å². The van der Waals surface area contributed by atoms with Gasteiger partial charge in [-0.2, -0.15) is 0 Å². The van der Waals surface area contributed by atoms with Crippen molar-refractivity contribution in [3.8, 4) is 11.8 Å². The van der Waals surface area contributed by atoms with Crippen LogP contribution in [0.25, 0.3) is 0 Å². The minimum Gasteiger partial charge on any atom is -0.272 e. The smallest absolute Gasteiger partial charge is 0.272 e. The molecule has 0 heterocycles. The lowest BCUT2D eigenvalue weighted by Gasteiger charge is -2.35. The number of hydrogen-bond donors (Lipinski definition) is 1. The Morgan fingerprint density at radius 3 is 2.29 bits per heavy atom. The molecule has 1 N–H and O–H groups in total. The van der Waals surface area contributed by atoms with Crippen molar-refractivity contribution in [1.29, 1.82) is 0 Å². The quantitative estimate of drug-likeness (QED) is 0.671. The molecule has 0 aromatic heterocycles. The predicted octanol–water partition coefficient (Wildman–Crippen LogP) is 2.76. The number of carbonyl (C=O) groups excluding carboxylic acids is 2. The minimum atomic E-state index is -0.527. The van der Waals surface area contributed by atoms with Gasteiger partial charge in [0.25, 0.3) is 11.8 Å². The number of nitrogens with one attached hydrogen (secondary N) is 1. The number of hydrogen-bond acceptors (Lipinski definition) is 2. The van der Waals surface area contributed by atoms with Crippen LogP contribution in [0.2, 0.25) is 0 Å². The van der Waals surface area contributed by atoms with E-state index in [1.807, 2.05) is 33.8 Å². The van der Waals surface area contributed by atoms with Gasteiger partial charge in [-0.05, 0) is 32.9 Å². The SMILES string of the molecule is CCC#CCC(=O)NN(C(=O)c1ccccc1)C(C)(C)C. The molecule has 112 valence electrons. The van der Waals surface area contributed by atoms with E-state index >= 15 is 0 Å². The lowest BCUT2D eigenvalue weighted by molar-refractivity contribution is -0.125. The maximum atomic E-state index is 12.5. The Bertz CT molecular complexity index is 548. The second kappa shape index (κ2) is 7.49. The van der Waals surface area contributed by atoms with Crippen LogP contribution in [0, 0.1) is 11.8 Å². The Labute approximate surface area is 126 Å². The van der Waals surface area contributed by atoms with Crippen molar-refractivity contribution in [2.75, 3.05) is 0 Å². The molecule has 0 aliphatic heterocycles. The van der Waals surface area contributed by atoms with Crippen LogP contribution in [0.5, 0.6) is 0 Å². The average Bonchev–Trinajstić information content (AvgIpc) is 2.44. The van der Waals surface area contributed by atoms with Gasteiger partial charge in [0.05, 0.1) is 12.0 Å². The fourth-order valence-corrected chi connectivity index (χ4v) is 1.66. The number of nitrogens with zero attached hydrogens (tertiary/aromatic N) is 1. The molecule has 0 aliphatic carbocycles. The van der Waals surface area contributed by atoms with E-state index in [0.29, 0.717) is 12.0 Å². The molecule has 21 heavy (non-hydrogen) atoms. The molecule has 2 amide bonds. The molecule has 0 saturated carbocycles. The highest BCUT2D eigenvalue weighted by atomic mass is 16.2. The summed E-state index contributed by atoms with van der Waals surface area (Å²) in [6.45, 7) is 7.52. The molecule has 1 rings (SSSR count). The Morgan fingerprint density at radius 1 is 1.14 bits per heavy atom. The normalized spacial score (nSPS) is 10.3. The van der Waals surface area contributed by atoms with Crippen LogP contribution in [0.3, 0.4) is 0 Å². The van der Waals surface area contributed by atoms with Crippen LogP contribution in [0.4, 0.5) is 0 Å². The third-order valence-corrected chi connectivity index (χ3v) is 2.68. The summed E-state index contributed by atoms with van der Waals surface area (Å²) in [5.74, 6) is 5.09. The third kappa shape index (κ3) is 5.31. The van der Waals surface area contributed by atoms with Gasteiger partial charge in [-0.25, -0.2) is 5.01 Å². The first kappa shape index (κ1) is 16.8. The van der Waals surface area contributed by atoms with Crippen molar-refractivity contribution in [3.63, 3.8) is 0 Å². The summed E-state index contributed by atoms with van der Waals surface area (Å²) < 4.78 is 0. The maximum absolute atomic E-state index is 12.5. The Morgan fingerprint density at radius 2 is 1.76 bits per heavy atom. The van der Waals surface area contributed by atoms with Crippen molar-refractivity contribution in [2.45, 2.75) is 46.1 Å². The molecule has 0 unspecified atom stereocenters. The van der Waals surface area contributed by atoms with Gasteiger partial charge in [0.2, 0.25) is 0 Å². The largest absolute Gasteiger partial charge is 0.272 e. The standard InChI is InChI=1S/C17H22N2O2/c1-5-6-8-13-15(20)18-19(17(2,3)4)16(21)14-11-9-7-10-12-14/h7,9-12H,5,13H2,1-4H3,(H,18,20). The van der Waals surface area contributed by atoms with Gasteiger partial charge in [-0.15, -0.1) is 5.92 Å². The van der Waals surface area contributed by atoms with E-state index in [-0.39, 0.29) is 18.2 Å². The highest BCUT2D eigenvalue weighted by Crippen LogP contribution is 2.15. The summed E-state index contributed by atoms with van der Waals surface area (Å²) >= 11 is 0. The number of hydrazine groups is 1. The van der Waals surface area contributed by atoms with Crippen LogP contribution >= 0.6 is 0 Å². The molecule has 4 nitrogen and oxygen atoms in total. The van der Waals surface area contributed by atoms with Crippen LogP contribution in [-0.2, 0) is 4.79 Å². The first-order valence-electron chi connectivity index (χ1n) is 7.01. The molecule has 0 saturated heterocycles. The molecule has 4 heteroatoms. The van der Waals surface area contributed by atoms with E-state index in [9.17, 15) is 9.59 Å². The monoisotopic (exact) mass is 286 g/mol. The number of carbonyl (C=O) groups is 2. The zero-order chi connectivity index (χ0) is 15.9. The Kier molecular flexibility index (Phi) is 5.98. The van der Waals surface area contributed by atoms with Gasteiger partial charge in [-0.3, -0.25) is 15.0 Å². The number of benzene rings is 1. The molecular formula is C17H22N2O2. The van der Waals surface area contributed by atoms with E-state index in [2.05, 4.69) is 17.3 Å². The lowest BCUT2D eigenvalue weighted by Crippen LogP contribution is -2.55. The molecule has 0 fully saturated rings. The summed E-state index contributed by atoms with van der Waals surface area (Å²) in [5.41, 5.74) is 2.66. The van der Waals surface area contributed by atoms with Crippen LogP contribution in [0.15, 0.2) is 30.3 Å².